The van der Waals surface area contributed by atoms with Gasteiger partial charge in [-0.2, -0.15) is 0 Å². The molecule has 2 nitrogen and oxygen atoms in total. The van der Waals surface area contributed by atoms with Gasteiger partial charge in [0.1, 0.15) is 5.15 Å². The topological polar surface area (TPSA) is 24.9 Å². The molecule has 0 saturated heterocycles. The fourth-order valence-electron chi connectivity index (χ4n) is 2.03. The highest BCUT2D eigenvalue weighted by molar-refractivity contribution is 9.10. The van der Waals surface area contributed by atoms with Crippen molar-refractivity contribution in [2.24, 2.45) is 0 Å². The van der Waals surface area contributed by atoms with Crippen LogP contribution in [0.2, 0.25) is 15.2 Å². The van der Waals surface area contributed by atoms with E-state index in [2.05, 4.69) is 26.2 Å². The summed E-state index contributed by atoms with van der Waals surface area (Å²) >= 11 is 21.5. The highest BCUT2D eigenvalue weighted by Gasteiger charge is 2.10. The van der Waals surface area contributed by atoms with Crippen molar-refractivity contribution in [2.45, 2.75) is 0 Å². The first-order valence-electron chi connectivity index (χ1n) is 6.02. The number of pyridine rings is 1. The first kappa shape index (κ1) is 14.9. The molecular weight excluding hydrogens is 394 g/mol. The highest BCUT2D eigenvalue weighted by atomic mass is 79.9. The molecule has 3 aromatic rings. The van der Waals surface area contributed by atoms with Gasteiger partial charge in [-0.15, -0.1) is 0 Å². The molecule has 2 aromatic carbocycles. The molecule has 21 heavy (non-hydrogen) atoms. The zero-order valence-corrected chi connectivity index (χ0v) is 14.4. The molecule has 0 aliphatic heterocycles. The molecule has 0 amide bonds. The summed E-state index contributed by atoms with van der Waals surface area (Å²) < 4.78 is 1.02. The molecule has 0 radical (unpaired) electrons. The SMILES string of the molecule is Clc1cc(Cl)c(Nc2ccc(Br)c3ccccc23)nc1Cl. The number of rotatable bonds is 2. The second-order valence-electron chi connectivity index (χ2n) is 4.36. The molecule has 1 heterocycles. The predicted octanol–water partition coefficient (Wildman–Crippen LogP) is 6.70. The van der Waals surface area contributed by atoms with Crippen LogP contribution in [0.1, 0.15) is 0 Å². The number of anilines is 2. The smallest absolute Gasteiger partial charge is 0.151 e. The third kappa shape index (κ3) is 2.97. The van der Waals surface area contributed by atoms with Crippen LogP contribution in [0.4, 0.5) is 11.5 Å². The first-order valence-corrected chi connectivity index (χ1v) is 7.95. The maximum Gasteiger partial charge on any atom is 0.151 e. The Morgan fingerprint density at radius 2 is 1.62 bits per heavy atom. The van der Waals surface area contributed by atoms with Gasteiger partial charge in [0.25, 0.3) is 0 Å². The molecule has 0 aliphatic carbocycles. The molecular formula is C15H8BrCl3N2. The number of fused-ring (bicyclic) bond motifs is 1. The van der Waals surface area contributed by atoms with Gasteiger partial charge in [-0.25, -0.2) is 4.98 Å². The summed E-state index contributed by atoms with van der Waals surface area (Å²) in [5.41, 5.74) is 0.890. The minimum atomic E-state index is 0.213. The maximum absolute atomic E-state index is 6.16. The van der Waals surface area contributed by atoms with E-state index in [1.807, 2.05) is 36.4 Å². The fraction of sp³-hybridized carbons (Fsp3) is 0. The Bertz CT molecular complexity index is 837. The number of nitrogens with zero attached hydrogens (tertiary/aromatic N) is 1. The highest BCUT2D eigenvalue weighted by Crippen LogP contribution is 2.35. The van der Waals surface area contributed by atoms with Crippen molar-refractivity contribution >= 4 is 73.0 Å². The number of benzene rings is 2. The Balaban J connectivity index is 2.11. The van der Waals surface area contributed by atoms with E-state index in [1.165, 1.54) is 0 Å². The summed E-state index contributed by atoms with van der Waals surface area (Å²) in [4.78, 5) is 4.18. The molecule has 0 aliphatic rings. The molecule has 106 valence electrons. The zero-order valence-electron chi connectivity index (χ0n) is 10.5. The second-order valence-corrected chi connectivity index (χ2v) is 6.38. The second kappa shape index (κ2) is 6.01. The summed E-state index contributed by atoms with van der Waals surface area (Å²) in [6.07, 6.45) is 0. The Kier molecular flexibility index (Phi) is 4.27. The average molecular weight is 403 g/mol. The average Bonchev–Trinajstić information content (AvgIpc) is 2.48. The van der Waals surface area contributed by atoms with Gasteiger partial charge in [0.15, 0.2) is 5.82 Å². The van der Waals surface area contributed by atoms with Gasteiger partial charge in [-0.1, -0.05) is 75.0 Å². The number of nitrogens with one attached hydrogen (secondary N) is 1. The lowest BCUT2D eigenvalue weighted by molar-refractivity contribution is 1.31. The third-order valence-corrected chi connectivity index (χ3v) is 4.66. The standard InChI is InChI=1S/C15H8BrCl3N2/c16-10-5-6-13(9-4-2-1-3-8(9)10)20-15-12(18)7-11(17)14(19)21-15/h1-7H,(H,20,21). The molecule has 1 aromatic heterocycles. The molecule has 0 bridgehead atoms. The minimum Gasteiger partial charge on any atom is -0.338 e. The van der Waals surface area contributed by atoms with Crippen LogP contribution in [0.25, 0.3) is 10.8 Å². The van der Waals surface area contributed by atoms with Crippen molar-refractivity contribution in [1.82, 2.24) is 4.98 Å². The van der Waals surface area contributed by atoms with Crippen LogP contribution in [0, 0.1) is 0 Å². The van der Waals surface area contributed by atoms with E-state index in [4.69, 9.17) is 34.8 Å². The van der Waals surface area contributed by atoms with Crippen LogP contribution in [0.5, 0.6) is 0 Å². The van der Waals surface area contributed by atoms with E-state index < -0.39 is 0 Å². The Hall–Kier alpha value is -1.00. The normalized spacial score (nSPS) is 10.9. The molecule has 0 saturated carbocycles. The van der Waals surface area contributed by atoms with Crippen LogP contribution in [-0.2, 0) is 0 Å². The van der Waals surface area contributed by atoms with E-state index in [-0.39, 0.29) is 5.15 Å². The van der Waals surface area contributed by atoms with Crippen molar-refractivity contribution in [3.63, 3.8) is 0 Å². The largest absolute Gasteiger partial charge is 0.338 e. The Labute approximate surface area is 145 Å². The first-order chi connectivity index (χ1) is 10.1. The molecule has 0 fully saturated rings. The van der Waals surface area contributed by atoms with Crippen LogP contribution in [-0.4, -0.2) is 4.98 Å². The predicted molar refractivity (Wildman–Crippen MR) is 94.2 cm³/mol. The van der Waals surface area contributed by atoms with E-state index in [1.54, 1.807) is 6.07 Å². The Morgan fingerprint density at radius 1 is 0.905 bits per heavy atom. The van der Waals surface area contributed by atoms with Crippen molar-refractivity contribution < 1.29 is 0 Å². The van der Waals surface area contributed by atoms with Gasteiger partial charge in [0.05, 0.1) is 10.0 Å². The molecule has 6 heteroatoms. The summed E-state index contributed by atoms with van der Waals surface area (Å²) in [6, 6.07) is 13.5. The number of hydrogen-bond donors (Lipinski definition) is 1. The number of aromatic nitrogens is 1. The number of halogens is 4. The summed E-state index contributed by atoms with van der Waals surface area (Å²) in [7, 11) is 0. The van der Waals surface area contributed by atoms with Crippen molar-refractivity contribution in [3.8, 4) is 0 Å². The summed E-state index contributed by atoms with van der Waals surface area (Å²) in [5.74, 6) is 0.471. The summed E-state index contributed by atoms with van der Waals surface area (Å²) in [5, 5.41) is 6.30. The summed E-state index contributed by atoms with van der Waals surface area (Å²) in [6.45, 7) is 0. The van der Waals surface area contributed by atoms with Crippen molar-refractivity contribution in [2.75, 3.05) is 5.32 Å². The van der Waals surface area contributed by atoms with Gasteiger partial charge in [0.2, 0.25) is 0 Å². The molecule has 0 spiro atoms. The maximum atomic E-state index is 6.16. The molecule has 1 N–H and O–H groups in total. The number of hydrogen-bond acceptors (Lipinski definition) is 2. The molecule has 0 atom stereocenters. The van der Waals surface area contributed by atoms with Crippen molar-refractivity contribution in [3.05, 3.63) is 62.1 Å². The van der Waals surface area contributed by atoms with Gasteiger partial charge < -0.3 is 5.32 Å². The zero-order chi connectivity index (χ0) is 15.0. The van der Waals surface area contributed by atoms with E-state index in [9.17, 15) is 0 Å². The van der Waals surface area contributed by atoms with Crippen LogP contribution in [0.15, 0.2) is 46.9 Å². The lowest BCUT2D eigenvalue weighted by Crippen LogP contribution is -1.96. The van der Waals surface area contributed by atoms with E-state index in [0.29, 0.717) is 15.9 Å². The van der Waals surface area contributed by atoms with Gasteiger partial charge >= 0.3 is 0 Å². The monoisotopic (exact) mass is 400 g/mol. The van der Waals surface area contributed by atoms with Crippen LogP contribution in [0.3, 0.4) is 0 Å². The third-order valence-electron chi connectivity index (χ3n) is 3.01. The molecule has 0 unspecified atom stereocenters. The lowest BCUT2D eigenvalue weighted by atomic mass is 10.1. The molecule has 3 rings (SSSR count). The fourth-order valence-corrected chi connectivity index (χ4v) is 3.05. The van der Waals surface area contributed by atoms with Gasteiger partial charge in [0, 0.05) is 15.5 Å². The van der Waals surface area contributed by atoms with Gasteiger partial charge in [-0.05, 0) is 23.6 Å². The van der Waals surface area contributed by atoms with Crippen LogP contribution < -0.4 is 5.32 Å². The minimum absolute atomic E-state index is 0.213. The van der Waals surface area contributed by atoms with Crippen LogP contribution >= 0.6 is 50.7 Å². The van der Waals surface area contributed by atoms with E-state index in [0.717, 1.165) is 20.9 Å². The van der Waals surface area contributed by atoms with Crippen molar-refractivity contribution in [1.29, 1.82) is 0 Å². The Morgan fingerprint density at radius 3 is 2.38 bits per heavy atom. The quantitative estimate of drug-likeness (QED) is 0.482. The lowest BCUT2D eigenvalue weighted by Gasteiger charge is -2.12. The van der Waals surface area contributed by atoms with E-state index >= 15 is 0 Å². The van der Waals surface area contributed by atoms with Gasteiger partial charge in [-0.3, -0.25) is 0 Å².